The van der Waals surface area contributed by atoms with E-state index in [9.17, 15) is 15.2 Å². The molecule has 1 N–H and O–H groups in total. The number of phenols is 1. The molecular formula is C11H10N2O3. The highest BCUT2D eigenvalue weighted by molar-refractivity contribution is 5.53. The van der Waals surface area contributed by atoms with Crippen molar-refractivity contribution in [2.75, 3.05) is 0 Å². The number of nitro benzene ring substituents is 1. The molecule has 0 aromatic heterocycles. The molecule has 0 radical (unpaired) electrons. The maximum Gasteiger partial charge on any atom is 0.274 e. The van der Waals surface area contributed by atoms with E-state index in [1.807, 2.05) is 0 Å². The number of hydrogen-bond acceptors (Lipinski definition) is 4. The van der Waals surface area contributed by atoms with Crippen molar-refractivity contribution in [3.63, 3.8) is 0 Å². The molecule has 0 spiro atoms. The van der Waals surface area contributed by atoms with Crippen LogP contribution in [0.25, 0.3) is 0 Å². The third-order valence-electron chi connectivity index (χ3n) is 3.11. The first-order chi connectivity index (χ1) is 7.59. The summed E-state index contributed by atoms with van der Waals surface area (Å²) in [5.74, 6) is -0.0397. The van der Waals surface area contributed by atoms with Crippen LogP contribution in [-0.2, 0) is 5.41 Å². The van der Waals surface area contributed by atoms with E-state index in [2.05, 4.69) is 6.07 Å². The van der Waals surface area contributed by atoms with Crippen LogP contribution in [0, 0.1) is 21.4 Å². The second-order valence-corrected chi connectivity index (χ2v) is 4.01. The number of rotatable bonds is 2. The molecule has 0 amide bonds. The van der Waals surface area contributed by atoms with Gasteiger partial charge in [-0.2, -0.15) is 5.26 Å². The van der Waals surface area contributed by atoms with Gasteiger partial charge in [-0.15, -0.1) is 0 Å². The van der Waals surface area contributed by atoms with Crippen molar-refractivity contribution in [2.45, 2.75) is 24.7 Å². The maximum absolute atomic E-state index is 10.9. The van der Waals surface area contributed by atoms with E-state index in [1.54, 1.807) is 0 Å². The number of aromatic hydroxyl groups is 1. The summed E-state index contributed by atoms with van der Waals surface area (Å²) in [5, 5.41) is 29.3. The van der Waals surface area contributed by atoms with E-state index in [-0.39, 0.29) is 11.4 Å². The van der Waals surface area contributed by atoms with Crippen LogP contribution < -0.4 is 0 Å². The molecule has 1 aromatic carbocycles. The summed E-state index contributed by atoms with van der Waals surface area (Å²) >= 11 is 0. The molecule has 0 unspecified atom stereocenters. The Hall–Kier alpha value is -2.09. The Morgan fingerprint density at radius 1 is 1.50 bits per heavy atom. The first kappa shape index (κ1) is 10.4. The first-order valence-electron chi connectivity index (χ1n) is 4.98. The Labute approximate surface area is 92.1 Å². The van der Waals surface area contributed by atoms with Crippen molar-refractivity contribution < 1.29 is 10.0 Å². The van der Waals surface area contributed by atoms with E-state index in [0.29, 0.717) is 18.4 Å². The molecule has 16 heavy (non-hydrogen) atoms. The highest BCUT2D eigenvalue weighted by Crippen LogP contribution is 2.47. The number of nitrogens with zero attached hydrogens (tertiary/aromatic N) is 2. The zero-order valence-corrected chi connectivity index (χ0v) is 8.51. The first-order valence-corrected chi connectivity index (χ1v) is 4.98. The molecule has 82 valence electrons. The summed E-state index contributed by atoms with van der Waals surface area (Å²) in [7, 11) is 0. The summed E-state index contributed by atoms with van der Waals surface area (Å²) in [4.78, 5) is 10.3. The molecule has 0 bridgehead atoms. The van der Waals surface area contributed by atoms with Crippen molar-refractivity contribution >= 4 is 5.69 Å². The summed E-state index contributed by atoms with van der Waals surface area (Å²) in [6.07, 6.45) is 2.13. The van der Waals surface area contributed by atoms with E-state index in [1.165, 1.54) is 18.2 Å². The maximum atomic E-state index is 10.9. The van der Waals surface area contributed by atoms with Gasteiger partial charge in [0, 0.05) is 6.07 Å². The SMILES string of the molecule is N#CC1(c2cc(O)ccc2[N+](=O)[O-])CCC1. The van der Waals surface area contributed by atoms with Gasteiger partial charge in [0.15, 0.2) is 0 Å². The number of phenolic OH excluding ortho intramolecular Hbond substituents is 1. The Balaban J connectivity index is 2.58. The molecule has 1 saturated carbocycles. The van der Waals surface area contributed by atoms with Crippen molar-refractivity contribution in [2.24, 2.45) is 0 Å². The Bertz CT molecular complexity index is 486. The molecule has 5 heteroatoms. The van der Waals surface area contributed by atoms with Gasteiger partial charge in [0.2, 0.25) is 0 Å². The van der Waals surface area contributed by atoms with Gasteiger partial charge in [-0.3, -0.25) is 10.1 Å². The average Bonchev–Trinajstić information content (AvgIpc) is 2.16. The fourth-order valence-electron chi connectivity index (χ4n) is 2.04. The standard InChI is InChI=1S/C11H10N2O3/c12-7-11(4-1-5-11)9-6-8(14)2-3-10(9)13(15)16/h2-3,6,14H,1,4-5H2. The van der Waals surface area contributed by atoms with Gasteiger partial charge in [-0.1, -0.05) is 0 Å². The average molecular weight is 218 g/mol. The lowest BCUT2D eigenvalue weighted by molar-refractivity contribution is -0.386. The van der Waals surface area contributed by atoms with Crippen LogP contribution in [0.1, 0.15) is 24.8 Å². The predicted molar refractivity (Wildman–Crippen MR) is 55.9 cm³/mol. The topological polar surface area (TPSA) is 87.2 Å². The molecule has 0 heterocycles. The van der Waals surface area contributed by atoms with E-state index in [4.69, 9.17) is 5.26 Å². The van der Waals surface area contributed by atoms with Gasteiger partial charge < -0.3 is 5.11 Å². The number of hydrogen-bond donors (Lipinski definition) is 1. The minimum absolute atomic E-state index is 0.0397. The Morgan fingerprint density at radius 2 is 2.19 bits per heavy atom. The van der Waals surface area contributed by atoms with Gasteiger partial charge in [-0.05, 0) is 31.4 Å². The molecule has 0 aliphatic heterocycles. The second kappa shape index (κ2) is 3.49. The molecule has 1 fully saturated rings. The minimum Gasteiger partial charge on any atom is -0.508 e. The van der Waals surface area contributed by atoms with Crippen LogP contribution in [0.15, 0.2) is 18.2 Å². The van der Waals surface area contributed by atoms with E-state index < -0.39 is 10.3 Å². The minimum atomic E-state index is -0.777. The normalized spacial score (nSPS) is 17.2. The number of benzene rings is 1. The molecule has 1 aliphatic carbocycles. The molecule has 1 aliphatic rings. The molecule has 2 rings (SSSR count). The van der Waals surface area contributed by atoms with Crippen molar-refractivity contribution in [1.82, 2.24) is 0 Å². The van der Waals surface area contributed by atoms with Gasteiger partial charge >= 0.3 is 0 Å². The van der Waals surface area contributed by atoms with Gasteiger partial charge in [0.1, 0.15) is 5.75 Å². The van der Waals surface area contributed by atoms with Crippen LogP contribution in [-0.4, -0.2) is 10.0 Å². The van der Waals surface area contributed by atoms with Crippen molar-refractivity contribution in [1.29, 1.82) is 5.26 Å². The summed E-state index contributed by atoms with van der Waals surface area (Å²) in [6, 6.07) is 5.99. The lowest BCUT2D eigenvalue weighted by Gasteiger charge is -2.35. The van der Waals surface area contributed by atoms with E-state index in [0.717, 1.165) is 6.42 Å². The highest BCUT2D eigenvalue weighted by atomic mass is 16.6. The van der Waals surface area contributed by atoms with Gasteiger partial charge in [0.25, 0.3) is 5.69 Å². The number of nitro groups is 1. The lowest BCUT2D eigenvalue weighted by Crippen LogP contribution is -2.33. The molecule has 1 aromatic rings. The summed E-state index contributed by atoms with van der Waals surface area (Å²) in [6.45, 7) is 0. The monoisotopic (exact) mass is 218 g/mol. The van der Waals surface area contributed by atoms with Gasteiger partial charge in [-0.25, -0.2) is 0 Å². The molecular weight excluding hydrogens is 208 g/mol. The zero-order valence-electron chi connectivity index (χ0n) is 8.51. The van der Waals surface area contributed by atoms with E-state index >= 15 is 0 Å². The largest absolute Gasteiger partial charge is 0.508 e. The van der Waals surface area contributed by atoms with Crippen molar-refractivity contribution in [3.05, 3.63) is 33.9 Å². The third kappa shape index (κ3) is 1.39. The second-order valence-electron chi connectivity index (χ2n) is 4.01. The van der Waals surface area contributed by atoms with Crippen LogP contribution in [0.3, 0.4) is 0 Å². The molecule has 0 saturated heterocycles. The highest BCUT2D eigenvalue weighted by Gasteiger charge is 2.43. The fraction of sp³-hybridized carbons (Fsp3) is 0.364. The van der Waals surface area contributed by atoms with Crippen LogP contribution in [0.2, 0.25) is 0 Å². The molecule has 0 atom stereocenters. The smallest absolute Gasteiger partial charge is 0.274 e. The zero-order chi connectivity index (χ0) is 11.8. The fourth-order valence-corrected chi connectivity index (χ4v) is 2.04. The quantitative estimate of drug-likeness (QED) is 0.609. The summed E-state index contributed by atoms with van der Waals surface area (Å²) < 4.78 is 0. The van der Waals surface area contributed by atoms with Crippen LogP contribution in [0.4, 0.5) is 5.69 Å². The number of nitriles is 1. The van der Waals surface area contributed by atoms with Crippen LogP contribution >= 0.6 is 0 Å². The van der Waals surface area contributed by atoms with Crippen molar-refractivity contribution in [3.8, 4) is 11.8 Å². The third-order valence-corrected chi connectivity index (χ3v) is 3.11. The molecule has 5 nitrogen and oxygen atoms in total. The van der Waals surface area contributed by atoms with Gasteiger partial charge in [0.05, 0.1) is 22.0 Å². The Kier molecular flexibility index (Phi) is 2.27. The Morgan fingerprint density at radius 3 is 2.62 bits per heavy atom. The lowest BCUT2D eigenvalue weighted by atomic mass is 9.65. The van der Waals surface area contributed by atoms with Crippen LogP contribution in [0.5, 0.6) is 5.75 Å². The predicted octanol–water partition coefficient (Wildman–Crippen LogP) is 2.25. The summed E-state index contributed by atoms with van der Waals surface area (Å²) in [5.41, 5.74) is -0.522.